The number of hydrogen-bond donors (Lipinski definition) is 1. The largest absolute Gasteiger partial charge is 0.308 e. The van der Waals surface area contributed by atoms with Crippen LogP contribution in [-0.2, 0) is 6.54 Å². The van der Waals surface area contributed by atoms with Crippen LogP contribution in [0.15, 0.2) is 6.20 Å². The summed E-state index contributed by atoms with van der Waals surface area (Å²) < 4.78 is 0.774. The topological polar surface area (TPSA) is 24.9 Å². The number of thiazole rings is 1. The predicted octanol–water partition coefficient (Wildman–Crippen LogP) is 4.49. The zero-order valence-corrected chi connectivity index (χ0v) is 13.3. The molecule has 2 rings (SSSR count). The summed E-state index contributed by atoms with van der Waals surface area (Å²) in [5.74, 6) is 0. The normalized spacial score (nSPS) is 23.2. The molecule has 0 atom stereocenters. The Morgan fingerprint density at radius 1 is 1.33 bits per heavy atom. The van der Waals surface area contributed by atoms with Gasteiger partial charge in [0.15, 0.2) is 0 Å². The van der Waals surface area contributed by atoms with Crippen LogP contribution in [0.25, 0.3) is 0 Å². The van der Waals surface area contributed by atoms with Crippen molar-refractivity contribution in [2.75, 3.05) is 0 Å². The number of hydrogen-bond acceptors (Lipinski definition) is 3. The van der Waals surface area contributed by atoms with E-state index in [0.29, 0.717) is 16.9 Å². The van der Waals surface area contributed by atoms with Crippen LogP contribution in [0.1, 0.15) is 52.0 Å². The van der Waals surface area contributed by atoms with E-state index < -0.39 is 0 Å². The minimum absolute atomic E-state index is 0.430. The van der Waals surface area contributed by atoms with Crippen LogP contribution in [0.3, 0.4) is 0 Å². The molecule has 0 aliphatic heterocycles. The lowest BCUT2D eigenvalue weighted by Crippen LogP contribution is -2.43. The second kappa shape index (κ2) is 5.10. The third-order valence-corrected chi connectivity index (χ3v) is 4.74. The lowest BCUT2D eigenvalue weighted by atomic mass is 9.63. The molecule has 2 nitrogen and oxygen atoms in total. The van der Waals surface area contributed by atoms with Crippen LogP contribution in [-0.4, -0.2) is 11.0 Å². The van der Waals surface area contributed by atoms with E-state index in [1.165, 1.54) is 19.3 Å². The summed E-state index contributed by atoms with van der Waals surface area (Å²) in [6, 6.07) is 0.589. The van der Waals surface area contributed by atoms with Crippen molar-refractivity contribution in [2.24, 2.45) is 10.8 Å². The van der Waals surface area contributed by atoms with Crippen LogP contribution in [0.4, 0.5) is 0 Å². The Labute approximate surface area is 119 Å². The zero-order valence-electron chi connectivity index (χ0n) is 11.7. The molecule has 1 fully saturated rings. The molecular weight excluding hydrogens is 264 g/mol. The predicted molar refractivity (Wildman–Crippen MR) is 79.2 cm³/mol. The molecule has 1 aliphatic rings. The SMILES string of the molecule is CC1(C)CC(NCc2ncc(Cl)s2)CC(C)(C)C1. The Balaban J connectivity index is 1.93. The fraction of sp³-hybridized carbons (Fsp3) is 0.786. The van der Waals surface area contributed by atoms with Gasteiger partial charge in [-0.15, -0.1) is 11.3 Å². The van der Waals surface area contributed by atoms with E-state index in [9.17, 15) is 0 Å². The quantitative estimate of drug-likeness (QED) is 0.885. The van der Waals surface area contributed by atoms with Crippen LogP contribution in [0.5, 0.6) is 0 Å². The summed E-state index contributed by atoms with van der Waals surface area (Å²) in [5.41, 5.74) is 0.861. The van der Waals surface area contributed by atoms with Gasteiger partial charge in [-0.1, -0.05) is 39.3 Å². The molecule has 1 heterocycles. The van der Waals surface area contributed by atoms with Gasteiger partial charge in [-0.3, -0.25) is 0 Å². The summed E-state index contributed by atoms with van der Waals surface area (Å²) in [6.07, 6.45) is 5.53. The Morgan fingerprint density at radius 2 is 1.94 bits per heavy atom. The monoisotopic (exact) mass is 286 g/mol. The number of nitrogens with one attached hydrogen (secondary N) is 1. The lowest BCUT2D eigenvalue weighted by Gasteiger charge is -2.45. The number of nitrogens with zero attached hydrogens (tertiary/aromatic N) is 1. The fourth-order valence-corrected chi connectivity index (χ4v) is 4.50. The van der Waals surface area contributed by atoms with Crippen molar-refractivity contribution < 1.29 is 0 Å². The molecule has 0 saturated heterocycles. The second-order valence-corrected chi connectivity index (χ2v) is 8.80. The molecule has 0 bridgehead atoms. The summed E-state index contributed by atoms with van der Waals surface area (Å²) in [7, 11) is 0. The molecule has 18 heavy (non-hydrogen) atoms. The molecule has 4 heteroatoms. The smallest absolute Gasteiger partial charge is 0.113 e. The molecule has 1 aromatic rings. The lowest BCUT2D eigenvalue weighted by molar-refractivity contribution is 0.0845. The van der Waals surface area contributed by atoms with Crippen molar-refractivity contribution in [3.8, 4) is 0 Å². The van der Waals surface area contributed by atoms with Gasteiger partial charge in [-0.25, -0.2) is 4.98 Å². The van der Waals surface area contributed by atoms with Gasteiger partial charge >= 0.3 is 0 Å². The summed E-state index contributed by atoms with van der Waals surface area (Å²) in [6.45, 7) is 10.4. The first-order chi connectivity index (χ1) is 8.26. The Morgan fingerprint density at radius 3 is 2.44 bits per heavy atom. The number of aromatic nitrogens is 1. The zero-order chi connectivity index (χ0) is 13.4. The molecule has 102 valence electrons. The molecule has 0 amide bonds. The Bertz CT molecular complexity index is 396. The van der Waals surface area contributed by atoms with Crippen LogP contribution < -0.4 is 5.32 Å². The van der Waals surface area contributed by atoms with Crippen LogP contribution in [0, 0.1) is 10.8 Å². The highest BCUT2D eigenvalue weighted by molar-refractivity contribution is 7.15. The van der Waals surface area contributed by atoms with E-state index in [2.05, 4.69) is 38.0 Å². The van der Waals surface area contributed by atoms with Crippen LogP contribution >= 0.6 is 22.9 Å². The Kier molecular flexibility index (Phi) is 4.05. The maximum Gasteiger partial charge on any atom is 0.113 e. The van der Waals surface area contributed by atoms with Gasteiger partial charge < -0.3 is 5.32 Å². The van der Waals surface area contributed by atoms with Crippen LogP contribution in [0.2, 0.25) is 4.34 Å². The molecule has 0 unspecified atom stereocenters. The molecule has 1 saturated carbocycles. The van der Waals surface area contributed by atoms with Gasteiger partial charge in [0, 0.05) is 12.6 Å². The average Bonchev–Trinajstić information content (AvgIpc) is 2.56. The maximum absolute atomic E-state index is 5.90. The van der Waals surface area contributed by atoms with Gasteiger partial charge in [-0.05, 0) is 30.1 Å². The fourth-order valence-electron chi connectivity index (χ4n) is 3.59. The number of halogens is 1. The van der Waals surface area contributed by atoms with Crippen molar-refractivity contribution in [3.05, 3.63) is 15.5 Å². The minimum atomic E-state index is 0.430. The summed E-state index contributed by atoms with van der Waals surface area (Å²) in [4.78, 5) is 4.30. The minimum Gasteiger partial charge on any atom is -0.308 e. The highest BCUT2D eigenvalue weighted by Crippen LogP contribution is 2.45. The molecular formula is C14H23ClN2S. The first-order valence-electron chi connectivity index (χ1n) is 6.59. The van der Waals surface area contributed by atoms with Gasteiger partial charge in [0.1, 0.15) is 9.34 Å². The first-order valence-corrected chi connectivity index (χ1v) is 7.79. The summed E-state index contributed by atoms with van der Waals surface area (Å²) in [5, 5.41) is 4.74. The number of rotatable bonds is 3. The third kappa shape index (κ3) is 3.94. The van der Waals surface area contributed by atoms with Gasteiger partial charge in [0.05, 0.1) is 6.20 Å². The second-order valence-electron chi connectivity index (χ2n) is 7.05. The van der Waals surface area contributed by atoms with E-state index in [-0.39, 0.29) is 0 Å². The molecule has 0 aromatic carbocycles. The van der Waals surface area contributed by atoms with E-state index >= 15 is 0 Å². The van der Waals surface area contributed by atoms with Crippen molar-refractivity contribution in [1.29, 1.82) is 0 Å². The highest BCUT2D eigenvalue weighted by atomic mass is 35.5. The van der Waals surface area contributed by atoms with E-state index in [1.807, 2.05) is 0 Å². The highest BCUT2D eigenvalue weighted by Gasteiger charge is 2.38. The molecule has 0 radical (unpaired) electrons. The molecule has 1 aromatic heterocycles. The Hall–Kier alpha value is -0.120. The molecule has 0 spiro atoms. The van der Waals surface area contributed by atoms with Crippen molar-refractivity contribution in [1.82, 2.24) is 10.3 Å². The summed E-state index contributed by atoms with van der Waals surface area (Å²) >= 11 is 7.47. The van der Waals surface area contributed by atoms with E-state index in [0.717, 1.165) is 15.9 Å². The third-order valence-electron chi connectivity index (χ3n) is 3.62. The van der Waals surface area contributed by atoms with Gasteiger partial charge in [0.2, 0.25) is 0 Å². The molecule has 1 aliphatic carbocycles. The van der Waals surface area contributed by atoms with Gasteiger partial charge in [0.25, 0.3) is 0 Å². The maximum atomic E-state index is 5.90. The van der Waals surface area contributed by atoms with Crippen molar-refractivity contribution in [2.45, 2.75) is 59.5 Å². The van der Waals surface area contributed by atoms with E-state index in [1.54, 1.807) is 17.5 Å². The van der Waals surface area contributed by atoms with Crippen molar-refractivity contribution >= 4 is 22.9 Å². The molecule has 1 N–H and O–H groups in total. The van der Waals surface area contributed by atoms with Crippen molar-refractivity contribution in [3.63, 3.8) is 0 Å². The first kappa shape index (κ1) is 14.3. The van der Waals surface area contributed by atoms with Gasteiger partial charge in [-0.2, -0.15) is 0 Å². The average molecular weight is 287 g/mol. The standard InChI is InChI=1S/C14H23ClN2S/c1-13(2)5-10(6-14(3,4)9-13)16-8-12-17-7-11(15)18-12/h7,10,16H,5-6,8-9H2,1-4H3. The van der Waals surface area contributed by atoms with E-state index in [4.69, 9.17) is 11.6 Å².